The first-order valence-electron chi connectivity index (χ1n) is 6.71. The van der Waals surface area contributed by atoms with Gasteiger partial charge in [-0.15, -0.1) is 0 Å². The molecule has 98 valence electrons. The van der Waals surface area contributed by atoms with Gasteiger partial charge in [0.15, 0.2) is 0 Å². The van der Waals surface area contributed by atoms with E-state index in [4.69, 9.17) is 10.5 Å². The molecule has 3 heteroatoms. The lowest BCUT2D eigenvalue weighted by atomic mass is 9.81. The van der Waals surface area contributed by atoms with Gasteiger partial charge in [-0.2, -0.15) is 10.5 Å². The third kappa shape index (κ3) is 2.88. The molecule has 1 aliphatic heterocycles. The Labute approximate surface area is 115 Å². The lowest BCUT2D eigenvalue weighted by molar-refractivity contribution is 0.277. The van der Waals surface area contributed by atoms with Crippen LogP contribution in [-0.2, 0) is 0 Å². The van der Waals surface area contributed by atoms with Gasteiger partial charge in [-0.25, -0.2) is 0 Å². The van der Waals surface area contributed by atoms with Crippen LogP contribution in [0, 0.1) is 28.6 Å². The maximum absolute atomic E-state index is 8.84. The van der Waals surface area contributed by atoms with Crippen LogP contribution in [0.3, 0.4) is 0 Å². The van der Waals surface area contributed by atoms with E-state index in [0.717, 1.165) is 19.4 Å². The fraction of sp³-hybridized carbons (Fsp3) is 0.500. The largest absolute Gasteiger partial charge is 0.366 e. The molecule has 1 unspecified atom stereocenters. The van der Waals surface area contributed by atoms with Crippen molar-refractivity contribution in [2.75, 3.05) is 11.4 Å². The van der Waals surface area contributed by atoms with Crippen molar-refractivity contribution in [1.82, 2.24) is 0 Å². The van der Waals surface area contributed by atoms with E-state index in [0.29, 0.717) is 17.9 Å². The van der Waals surface area contributed by atoms with Gasteiger partial charge in [0.25, 0.3) is 0 Å². The van der Waals surface area contributed by atoms with E-state index in [2.05, 4.69) is 30.9 Å². The monoisotopic (exact) mass is 253 g/mol. The molecular formula is C16H19N3. The van der Waals surface area contributed by atoms with Crippen LogP contribution in [0.15, 0.2) is 24.3 Å². The Kier molecular flexibility index (Phi) is 3.76. The molecule has 1 aliphatic rings. The summed E-state index contributed by atoms with van der Waals surface area (Å²) >= 11 is 0. The molecule has 3 nitrogen and oxygen atoms in total. The van der Waals surface area contributed by atoms with E-state index in [9.17, 15) is 0 Å². The average Bonchev–Trinajstić information content (AvgIpc) is 2.38. The molecule has 1 heterocycles. The molecule has 0 radical (unpaired) electrons. The Balaban J connectivity index is 2.17. The van der Waals surface area contributed by atoms with Crippen LogP contribution in [0.1, 0.15) is 38.7 Å². The van der Waals surface area contributed by atoms with Gasteiger partial charge in [0.05, 0.1) is 17.7 Å². The summed E-state index contributed by atoms with van der Waals surface area (Å²) in [5.74, 6) is 0.509. The number of piperidine rings is 1. The fourth-order valence-electron chi connectivity index (χ4n) is 3.03. The molecule has 0 saturated carbocycles. The first-order chi connectivity index (χ1) is 9.06. The van der Waals surface area contributed by atoms with Gasteiger partial charge < -0.3 is 4.90 Å². The standard InChI is InChI=1S/C16H19N3/c1-16(2)11-13(7-9-17)8-10-19(16)15-5-3-14(12-18)4-6-15/h3-6,13H,7-8,10-11H2,1-2H3. The van der Waals surface area contributed by atoms with Gasteiger partial charge in [-0.1, -0.05) is 0 Å². The summed E-state index contributed by atoms with van der Waals surface area (Å²) in [5, 5.41) is 17.7. The van der Waals surface area contributed by atoms with E-state index in [1.54, 1.807) is 0 Å². The predicted octanol–water partition coefficient (Wildman–Crippen LogP) is 3.47. The molecule has 0 amide bonds. The van der Waals surface area contributed by atoms with Gasteiger partial charge in [0, 0.05) is 24.2 Å². The Morgan fingerprint density at radius 3 is 2.47 bits per heavy atom. The second kappa shape index (κ2) is 5.33. The van der Waals surface area contributed by atoms with Crippen molar-refractivity contribution in [3.63, 3.8) is 0 Å². The number of hydrogen-bond donors (Lipinski definition) is 0. The molecule has 19 heavy (non-hydrogen) atoms. The van der Waals surface area contributed by atoms with Crippen molar-refractivity contribution in [3.8, 4) is 12.1 Å². The van der Waals surface area contributed by atoms with Crippen molar-refractivity contribution in [2.45, 2.75) is 38.6 Å². The first-order valence-corrected chi connectivity index (χ1v) is 6.71. The maximum atomic E-state index is 8.84. The van der Waals surface area contributed by atoms with Gasteiger partial charge in [-0.3, -0.25) is 0 Å². The lowest BCUT2D eigenvalue weighted by Crippen LogP contribution is -2.50. The molecule has 0 aliphatic carbocycles. The molecule has 1 aromatic carbocycles. The van der Waals surface area contributed by atoms with Gasteiger partial charge in [0.2, 0.25) is 0 Å². The lowest BCUT2D eigenvalue weighted by Gasteiger charge is -2.47. The third-order valence-corrected chi connectivity index (χ3v) is 3.97. The predicted molar refractivity (Wildman–Crippen MR) is 75.5 cm³/mol. The summed E-state index contributed by atoms with van der Waals surface area (Å²) in [6, 6.07) is 12.2. The molecule has 2 rings (SSSR count). The quantitative estimate of drug-likeness (QED) is 0.811. The van der Waals surface area contributed by atoms with Crippen molar-refractivity contribution in [2.24, 2.45) is 5.92 Å². The van der Waals surface area contributed by atoms with Crippen LogP contribution in [0.2, 0.25) is 0 Å². The van der Waals surface area contributed by atoms with Crippen LogP contribution in [0.4, 0.5) is 5.69 Å². The number of anilines is 1. The maximum Gasteiger partial charge on any atom is 0.0991 e. The minimum atomic E-state index is 0.0634. The zero-order chi connectivity index (χ0) is 13.9. The van der Waals surface area contributed by atoms with E-state index >= 15 is 0 Å². The molecule has 1 atom stereocenters. The van der Waals surface area contributed by atoms with Crippen LogP contribution in [-0.4, -0.2) is 12.1 Å². The third-order valence-electron chi connectivity index (χ3n) is 3.97. The van der Waals surface area contributed by atoms with Crippen LogP contribution in [0.5, 0.6) is 0 Å². The van der Waals surface area contributed by atoms with Crippen molar-refractivity contribution in [1.29, 1.82) is 10.5 Å². The molecule has 1 aromatic rings. The molecule has 0 bridgehead atoms. The second-order valence-electron chi connectivity index (χ2n) is 5.84. The molecule has 0 N–H and O–H groups in total. The highest BCUT2D eigenvalue weighted by Gasteiger charge is 2.34. The SMILES string of the molecule is CC1(C)CC(CC#N)CCN1c1ccc(C#N)cc1. The Morgan fingerprint density at radius 1 is 1.26 bits per heavy atom. The van der Waals surface area contributed by atoms with Gasteiger partial charge >= 0.3 is 0 Å². The van der Waals surface area contributed by atoms with Gasteiger partial charge in [-0.05, 0) is 56.9 Å². The fourth-order valence-corrected chi connectivity index (χ4v) is 3.03. The number of rotatable bonds is 2. The molecule has 1 fully saturated rings. The number of nitriles is 2. The summed E-state index contributed by atoms with van der Waals surface area (Å²) < 4.78 is 0. The van der Waals surface area contributed by atoms with Crippen LogP contribution >= 0.6 is 0 Å². The Hall–Kier alpha value is -2.00. The average molecular weight is 253 g/mol. The molecule has 1 saturated heterocycles. The normalized spacial score (nSPS) is 21.5. The van der Waals surface area contributed by atoms with Crippen molar-refractivity contribution < 1.29 is 0 Å². The highest BCUT2D eigenvalue weighted by Crippen LogP contribution is 2.36. The molecule has 0 aromatic heterocycles. The smallest absolute Gasteiger partial charge is 0.0991 e. The minimum Gasteiger partial charge on any atom is -0.366 e. The summed E-state index contributed by atoms with van der Waals surface area (Å²) in [4.78, 5) is 2.39. The second-order valence-corrected chi connectivity index (χ2v) is 5.84. The molecular weight excluding hydrogens is 234 g/mol. The summed E-state index contributed by atoms with van der Waals surface area (Å²) in [6.07, 6.45) is 2.77. The van der Waals surface area contributed by atoms with Crippen molar-refractivity contribution in [3.05, 3.63) is 29.8 Å². The molecule has 0 spiro atoms. The zero-order valence-corrected chi connectivity index (χ0v) is 11.6. The van der Waals surface area contributed by atoms with Crippen LogP contribution in [0.25, 0.3) is 0 Å². The zero-order valence-electron chi connectivity index (χ0n) is 11.6. The van der Waals surface area contributed by atoms with E-state index < -0.39 is 0 Å². The van der Waals surface area contributed by atoms with E-state index in [-0.39, 0.29) is 5.54 Å². The van der Waals surface area contributed by atoms with E-state index in [1.165, 1.54) is 5.69 Å². The first kappa shape index (κ1) is 13.4. The Bertz CT molecular complexity index is 516. The number of hydrogen-bond acceptors (Lipinski definition) is 3. The summed E-state index contributed by atoms with van der Waals surface area (Å²) in [5.41, 5.74) is 1.92. The summed E-state index contributed by atoms with van der Waals surface area (Å²) in [6.45, 7) is 5.44. The van der Waals surface area contributed by atoms with Gasteiger partial charge in [0.1, 0.15) is 0 Å². The summed E-state index contributed by atoms with van der Waals surface area (Å²) in [7, 11) is 0. The topological polar surface area (TPSA) is 50.8 Å². The Morgan fingerprint density at radius 2 is 1.95 bits per heavy atom. The highest BCUT2D eigenvalue weighted by molar-refractivity contribution is 5.52. The number of benzene rings is 1. The van der Waals surface area contributed by atoms with Crippen molar-refractivity contribution >= 4 is 5.69 Å². The van der Waals surface area contributed by atoms with E-state index in [1.807, 2.05) is 24.3 Å². The minimum absolute atomic E-state index is 0.0634. The number of nitrogens with zero attached hydrogens (tertiary/aromatic N) is 3. The highest BCUT2D eigenvalue weighted by atomic mass is 15.2. The van der Waals surface area contributed by atoms with Crippen LogP contribution < -0.4 is 4.90 Å².